The van der Waals surface area contributed by atoms with Crippen LogP contribution in [0.4, 0.5) is 0 Å². The fraction of sp³-hybridized carbons (Fsp3) is 0.389. The van der Waals surface area contributed by atoms with E-state index < -0.39 is 0 Å². The first-order chi connectivity index (χ1) is 11.7. The second-order valence-electron chi connectivity index (χ2n) is 5.44. The maximum absolute atomic E-state index is 12.2. The highest BCUT2D eigenvalue weighted by molar-refractivity contribution is 14.0. The molecule has 0 aliphatic carbocycles. The number of halogens is 1. The van der Waals surface area contributed by atoms with Gasteiger partial charge in [0.1, 0.15) is 0 Å². The molecular formula is C18H25IN4O2. The molecule has 0 saturated heterocycles. The van der Waals surface area contributed by atoms with Crippen LogP contribution in [0.15, 0.2) is 41.9 Å². The van der Waals surface area contributed by atoms with Crippen LogP contribution >= 0.6 is 24.0 Å². The Balaban J connectivity index is 0.00000312. The van der Waals surface area contributed by atoms with Gasteiger partial charge in [0.05, 0.1) is 11.1 Å². The van der Waals surface area contributed by atoms with E-state index >= 15 is 0 Å². The monoisotopic (exact) mass is 456 g/mol. The summed E-state index contributed by atoms with van der Waals surface area (Å²) in [5.41, 5.74) is 1.01. The molecule has 1 aliphatic rings. The van der Waals surface area contributed by atoms with Crippen molar-refractivity contribution in [1.29, 1.82) is 0 Å². The summed E-state index contributed by atoms with van der Waals surface area (Å²) in [4.78, 5) is 30.2. The molecule has 0 spiro atoms. The van der Waals surface area contributed by atoms with Crippen LogP contribution in [-0.4, -0.2) is 48.9 Å². The molecule has 25 heavy (non-hydrogen) atoms. The quantitative estimate of drug-likeness (QED) is 0.157. The Morgan fingerprint density at radius 2 is 1.80 bits per heavy atom. The number of imide groups is 1. The summed E-state index contributed by atoms with van der Waals surface area (Å²) in [6.07, 6.45) is 3.31. The second kappa shape index (κ2) is 10.9. The molecule has 1 aliphatic heterocycles. The van der Waals surface area contributed by atoms with Gasteiger partial charge in [-0.1, -0.05) is 18.2 Å². The number of fused-ring (bicyclic) bond motifs is 1. The predicted molar refractivity (Wildman–Crippen MR) is 111 cm³/mol. The van der Waals surface area contributed by atoms with E-state index in [2.05, 4.69) is 22.2 Å². The third-order valence-electron chi connectivity index (χ3n) is 3.70. The van der Waals surface area contributed by atoms with Gasteiger partial charge in [0.15, 0.2) is 5.96 Å². The molecule has 136 valence electrons. The molecule has 7 heteroatoms. The zero-order chi connectivity index (χ0) is 17.4. The number of aliphatic imine (C=N–C) groups is 1. The summed E-state index contributed by atoms with van der Waals surface area (Å²) in [6.45, 7) is 8.18. The molecule has 0 fully saturated rings. The van der Waals surface area contributed by atoms with Gasteiger partial charge in [-0.25, -0.2) is 0 Å². The molecule has 6 nitrogen and oxygen atoms in total. The number of hydrogen-bond acceptors (Lipinski definition) is 3. The topological polar surface area (TPSA) is 73.8 Å². The summed E-state index contributed by atoms with van der Waals surface area (Å²) in [6, 6.07) is 6.96. The lowest BCUT2D eigenvalue weighted by Gasteiger charge is -2.13. The Labute approximate surface area is 165 Å². The van der Waals surface area contributed by atoms with Crippen molar-refractivity contribution >= 4 is 41.8 Å². The van der Waals surface area contributed by atoms with Crippen molar-refractivity contribution in [3.05, 3.63) is 48.0 Å². The standard InChI is InChI=1S/C18H24N4O2.HI/c1-3-11-20-18(19-4-2)21-12-7-8-13-22-16(23)14-9-5-6-10-15(14)17(22)24;/h3,5-6,9-10H,1,4,7-8,11-13H2,2H3,(H2,19,20,21);1H. The molecule has 2 N–H and O–H groups in total. The van der Waals surface area contributed by atoms with E-state index in [9.17, 15) is 9.59 Å². The van der Waals surface area contributed by atoms with Crippen molar-refractivity contribution in [1.82, 2.24) is 15.5 Å². The van der Waals surface area contributed by atoms with Crippen molar-refractivity contribution in [2.45, 2.75) is 19.8 Å². The number of hydrogen-bond donors (Lipinski definition) is 2. The van der Waals surface area contributed by atoms with E-state index in [0.717, 1.165) is 25.3 Å². The smallest absolute Gasteiger partial charge is 0.261 e. The number of nitrogens with zero attached hydrogens (tertiary/aromatic N) is 2. The van der Waals surface area contributed by atoms with Crippen LogP contribution in [0.5, 0.6) is 0 Å². The van der Waals surface area contributed by atoms with E-state index in [4.69, 9.17) is 0 Å². The molecule has 0 bridgehead atoms. The summed E-state index contributed by atoms with van der Waals surface area (Å²) >= 11 is 0. The van der Waals surface area contributed by atoms with Crippen LogP contribution in [0.3, 0.4) is 0 Å². The SMILES string of the molecule is C=CCNC(=NCCCCN1C(=O)c2ccccc2C1=O)NCC.I. The van der Waals surface area contributed by atoms with Gasteiger partial charge in [0, 0.05) is 26.2 Å². The van der Waals surface area contributed by atoms with Crippen LogP contribution in [0, 0.1) is 0 Å². The number of carbonyl (C=O) groups is 2. The van der Waals surface area contributed by atoms with Crippen LogP contribution < -0.4 is 10.6 Å². The van der Waals surface area contributed by atoms with Gasteiger partial charge >= 0.3 is 0 Å². The Hall–Kier alpha value is -1.90. The summed E-state index contributed by atoms with van der Waals surface area (Å²) in [5, 5.41) is 6.28. The minimum absolute atomic E-state index is 0. The lowest BCUT2D eigenvalue weighted by molar-refractivity contribution is 0.0652. The van der Waals surface area contributed by atoms with Gasteiger partial charge < -0.3 is 10.6 Å². The minimum atomic E-state index is -0.194. The molecule has 0 radical (unpaired) electrons. The molecule has 2 amide bonds. The largest absolute Gasteiger partial charge is 0.357 e. The van der Waals surface area contributed by atoms with Crippen molar-refractivity contribution in [2.75, 3.05) is 26.2 Å². The summed E-state index contributed by atoms with van der Waals surface area (Å²) < 4.78 is 0. The second-order valence-corrected chi connectivity index (χ2v) is 5.44. The fourth-order valence-corrected chi connectivity index (χ4v) is 2.53. The normalized spacial score (nSPS) is 13.3. The van der Waals surface area contributed by atoms with Gasteiger partial charge in [-0.2, -0.15) is 0 Å². The molecule has 1 aromatic carbocycles. The van der Waals surface area contributed by atoms with Crippen LogP contribution in [0.1, 0.15) is 40.5 Å². The Bertz CT molecular complexity index is 611. The van der Waals surface area contributed by atoms with Gasteiger partial charge in [0.2, 0.25) is 0 Å². The first-order valence-corrected chi connectivity index (χ1v) is 8.27. The molecule has 2 rings (SSSR count). The van der Waals surface area contributed by atoms with Crippen LogP contribution in [0.25, 0.3) is 0 Å². The molecular weight excluding hydrogens is 431 g/mol. The van der Waals surface area contributed by atoms with Gasteiger partial charge in [0.25, 0.3) is 11.8 Å². The molecule has 0 unspecified atom stereocenters. The number of benzene rings is 1. The number of guanidine groups is 1. The predicted octanol–water partition coefficient (Wildman–Crippen LogP) is 2.42. The summed E-state index contributed by atoms with van der Waals surface area (Å²) in [7, 11) is 0. The van der Waals surface area contributed by atoms with E-state index in [0.29, 0.717) is 30.8 Å². The van der Waals surface area contributed by atoms with E-state index in [1.165, 1.54) is 4.90 Å². The average molecular weight is 456 g/mol. The highest BCUT2D eigenvalue weighted by Crippen LogP contribution is 2.22. The number of amides is 2. The lowest BCUT2D eigenvalue weighted by Crippen LogP contribution is -2.37. The Morgan fingerprint density at radius 3 is 2.36 bits per heavy atom. The number of rotatable bonds is 8. The van der Waals surface area contributed by atoms with Gasteiger partial charge in [-0.3, -0.25) is 19.5 Å². The Kier molecular flexibility index (Phi) is 9.18. The maximum atomic E-state index is 12.2. The third kappa shape index (κ3) is 5.55. The van der Waals surface area contributed by atoms with E-state index in [-0.39, 0.29) is 35.8 Å². The molecule has 0 aromatic heterocycles. The first-order valence-electron chi connectivity index (χ1n) is 8.27. The van der Waals surface area contributed by atoms with E-state index in [1.54, 1.807) is 30.3 Å². The van der Waals surface area contributed by atoms with Crippen molar-refractivity contribution in [3.8, 4) is 0 Å². The van der Waals surface area contributed by atoms with Crippen LogP contribution in [0.2, 0.25) is 0 Å². The molecule has 0 atom stereocenters. The Morgan fingerprint density at radius 1 is 1.16 bits per heavy atom. The summed E-state index contributed by atoms with van der Waals surface area (Å²) in [5.74, 6) is 0.360. The number of unbranched alkanes of at least 4 members (excludes halogenated alkanes) is 1. The van der Waals surface area contributed by atoms with Crippen molar-refractivity contribution in [2.24, 2.45) is 4.99 Å². The van der Waals surface area contributed by atoms with Crippen LogP contribution in [-0.2, 0) is 0 Å². The molecule has 1 heterocycles. The highest BCUT2D eigenvalue weighted by atomic mass is 127. The van der Waals surface area contributed by atoms with Crippen molar-refractivity contribution in [3.63, 3.8) is 0 Å². The fourth-order valence-electron chi connectivity index (χ4n) is 2.53. The number of carbonyl (C=O) groups excluding carboxylic acids is 2. The van der Waals surface area contributed by atoms with Crippen molar-refractivity contribution < 1.29 is 9.59 Å². The molecule has 0 saturated carbocycles. The highest BCUT2D eigenvalue weighted by Gasteiger charge is 2.34. The zero-order valence-electron chi connectivity index (χ0n) is 14.5. The minimum Gasteiger partial charge on any atom is -0.357 e. The van der Waals surface area contributed by atoms with Gasteiger partial charge in [-0.05, 0) is 31.9 Å². The maximum Gasteiger partial charge on any atom is 0.261 e. The third-order valence-corrected chi connectivity index (χ3v) is 3.70. The van der Waals surface area contributed by atoms with Gasteiger partial charge in [-0.15, -0.1) is 30.6 Å². The molecule has 1 aromatic rings. The van der Waals surface area contributed by atoms with E-state index in [1.807, 2.05) is 6.92 Å². The zero-order valence-corrected chi connectivity index (χ0v) is 16.8. The number of nitrogens with one attached hydrogen (secondary N) is 2. The average Bonchev–Trinajstić information content (AvgIpc) is 2.84. The lowest BCUT2D eigenvalue weighted by atomic mass is 10.1. The first kappa shape index (κ1) is 21.1.